The lowest BCUT2D eigenvalue weighted by atomic mass is 10.0. The summed E-state index contributed by atoms with van der Waals surface area (Å²) >= 11 is 6.17. The van der Waals surface area contributed by atoms with Crippen molar-refractivity contribution in [1.29, 1.82) is 0 Å². The number of amides is 2. The zero-order valence-corrected chi connectivity index (χ0v) is 16.4. The number of urea groups is 1. The molecule has 6 nitrogen and oxygen atoms in total. The normalized spacial score (nSPS) is 10.4. The number of carboxylic acid groups (broad SMARTS) is 1. The van der Waals surface area contributed by atoms with Crippen LogP contribution in [0.4, 0.5) is 16.2 Å². The van der Waals surface area contributed by atoms with Crippen molar-refractivity contribution >= 4 is 35.0 Å². The number of hydrogen-bond acceptors (Lipinski definition) is 3. The molecule has 0 aliphatic carbocycles. The van der Waals surface area contributed by atoms with E-state index in [2.05, 4.69) is 0 Å². The third-order valence-electron chi connectivity index (χ3n) is 4.31. The highest BCUT2D eigenvalue weighted by Gasteiger charge is 2.22. The number of anilines is 2. The molecule has 0 heterocycles. The summed E-state index contributed by atoms with van der Waals surface area (Å²) in [5.74, 6) is -0.0781. The number of nitrogens with zero attached hydrogens (tertiary/aromatic N) is 1. The number of ether oxygens (including phenoxy) is 1. The first-order valence-corrected chi connectivity index (χ1v) is 9.26. The molecule has 3 N–H and O–H groups in total. The van der Waals surface area contributed by atoms with Crippen LogP contribution in [0.1, 0.15) is 22.8 Å². The summed E-state index contributed by atoms with van der Waals surface area (Å²) in [6.07, 6.45) is 0.477. The Morgan fingerprint density at radius 3 is 2.41 bits per heavy atom. The summed E-state index contributed by atoms with van der Waals surface area (Å²) in [4.78, 5) is 25.0. The molecule has 0 aliphatic heterocycles. The number of primary amides is 1. The van der Waals surface area contributed by atoms with Crippen LogP contribution in [-0.2, 0) is 6.42 Å². The fraction of sp³-hybridized carbons (Fsp3) is 0.0909. The van der Waals surface area contributed by atoms with E-state index in [9.17, 15) is 14.7 Å². The molecule has 0 unspecified atom stereocenters. The Hall–Kier alpha value is -3.51. The summed E-state index contributed by atoms with van der Waals surface area (Å²) in [5.41, 5.74) is 7.19. The van der Waals surface area contributed by atoms with Crippen LogP contribution in [-0.4, -0.2) is 17.1 Å². The van der Waals surface area contributed by atoms with Gasteiger partial charge in [0.2, 0.25) is 0 Å². The highest BCUT2D eigenvalue weighted by atomic mass is 35.5. The first-order chi connectivity index (χ1) is 13.9. The van der Waals surface area contributed by atoms with E-state index in [1.54, 1.807) is 36.4 Å². The lowest BCUT2D eigenvalue weighted by molar-refractivity contribution is 0.0695. The maximum absolute atomic E-state index is 12.4. The van der Waals surface area contributed by atoms with E-state index in [0.29, 0.717) is 39.9 Å². The number of carbonyl (C=O) groups is 2. The second-order valence-electron chi connectivity index (χ2n) is 6.20. The zero-order valence-electron chi connectivity index (χ0n) is 15.6. The molecule has 0 aromatic heterocycles. The van der Waals surface area contributed by atoms with Gasteiger partial charge in [-0.1, -0.05) is 36.7 Å². The summed E-state index contributed by atoms with van der Waals surface area (Å²) in [6.45, 7) is 1.84. The predicted octanol–water partition coefficient (Wildman–Crippen LogP) is 5.61. The van der Waals surface area contributed by atoms with Gasteiger partial charge >= 0.3 is 12.0 Å². The van der Waals surface area contributed by atoms with Gasteiger partial charge in [0.15, 0.2) is 5.75 Å². The molecule has 148 valence electrons. The molecule has 29 heavy (non-hydrogen) atoms. The number of carboxylic acids is 1. The van der Waals surface area contributed by atoms with E-state index >= 15 is 0 Å². The number of halogens is 1. The molecular formula is C22H19ClN2O4. The monoisotopic (exact) mass is 410 g/mol. The van der Waals surface area contributed by atoms with Gasteiger partial charge in [0.25, 0.3) is 0 Å². The summed E-state index contributed by atoms with van der Waals surface area (Å²) < 4.78 is 5.93. The van der Waals surface area contributed by atoms with Gasteiger partial charge in [-0.15, -0.1) is 0 Å². The van der Waals surface area contributed by atoms with Crippen LogP contribution in [0.15, 0.2) is 66.7 Å². The van der Waals surface area contributed by atoms with Crippen molar-refractivity contribution in [3.63, 3.8) is 0 Å². The van der Waals surface area contributed by atoms with Crippen molar-refractivity contribution in [2.45, 2.75) is 13.3 Å². The molecular weight excluding hydrogens is 392 g/mol. The van der Waals surface area contributed by atoms with Gasteiger partial charge in [-0.25, -0.2) is 9.59 Å². The molecule has 3 aromatic rings. The minimum Gasteiger partial charge on any atom is -0.478 e. The first kappa shape index (κ1) is 20.2. The van der Waals surface area contributed by atoms with Crippen molar-refractivity contribution in [3.05, 3.63) is 82.9 Å². The second-order valence-corrected chi connectivity index (χ2v) is 6.64. The SMILES string of the molecule is CCc1cc(N(C(N)=O)c2cc(Cl)ccc2Oc2ccccc2)ccc1C(=O)O. The topological polar surface area (TPSA) is 92.9 Å². The van der Waals surface area contributed by atoms with Gasteiger partial charge in [-0.3, -0.25) is 4.90 Å². The molecule has 0 radical (unpaired) electrons. The van der Waals surface area contributed by atoms with Gasteiger partial charge in [0.1, 0.15) is 5.75 Å². The van der Waals surface area contributed by atoms with Crippen LogP contribution in [0.3, 0.4) is 0 Å². The molecule has 3 rings (SSSR count). The largest absolute Gasteiger partial charge is 0.478 e. The van der Waals surface area contributed by atoms with Gasteiger partial charge in [0.05, 0.1) is 16.9 Å². The van der Waals surface area contributed by atoms with Crippen molar-refractivity contribution < 1.29 is 19.4 Å². The maximum atomic E-state index is 12.4. The molecule has 3 aromatic carbocycles. The number of para-hydroxylation sites is 1. The Morgan fingerprint density at radius 2 is 1.79 bits per heavy atom. The zero-order chi connectivity index (χ0) is 21.0. The molecule has 7 heteroatoms. The number of aryl methyl sites for hydroxylation is 1. The lowest BCUT2D eigenvalue weighted by Crippen LogP contribution is -2.32. The van der Waals surface area contributed by atoms with Crippen LogP contribution in [0.5, 0.6) is 11.5 Å². The fourth-order valence-corrected chi connectivity index (χ4v) is 3.14. The fourth-order valence-electron chi connectivity index (χ4n) is 2.97. The minimum absolute atomic E-state index is 0.174. The smallest absolute Gasteiger partial charge is 0.335 e. The molecule has 2 amide bonds. The molecule has 0 bridgehead atoms. The van der Waals surface area contributed by atoms with Crippen molar-refractivity contribution in [3.8, 4) is 11.5 Å². The highest BCUT2D eigenvalue weighted by molar-refractivity contribution is 6.31. The molecule has 0 aliphatic rings. The number of aromatic carboxylic acids is 1. The van der Waals surface area contributed by atoms with E-state index in [1.165, 1.54) is 17.0 Å². The second kappa shape index (κ2) is 8.67. The van der Waals surface area contributed by atoms with E-state index in [4.69, 9.17) is 22.1 Å². The number of nitrogens with two attached hydrogens (primary N) is 1. The first-order valence-electron chi connectivity index (χ1n) is 8.89. The number of carbonyl (C=O) groups excluding carboxylic acids is 1. The van der Waals surface area contributed by atoms with E-state index in [1.807, 2.05) is 25.1 Å². The molecule has 0 fully saturated rings. The maximum Gasteiger partial charge on any atom is 0.335 e. The Balaban J connectivity index is 2.12. The molecule has 0 atom stereocenters. The van der Waals surface area contributed by atoms with Gasteiger partial charge in [-0.2, -0.15) is 0 Å². The molecule has 0 spiro atoms. The molecule has 0 saturated carbocycles. The van der Waals surface area contributed by atoms with Crippen molar-refractivity contribution in [2.75, 3.05) is 4.90 Å². The Bertz CT molecular complexity index is 1050. The highest BCUT2D eigenvalue weighted by Crippen LogP contribution is 2.38. The summed E-state index contributed by atoms with van der Waals surface area (Å²) in [6, 6.07) is 17.8. The van der Waals surface area contributed by atoms with Crippen LogP contribution in [0.25, 0.3) is 0 Å². The van der Waals surface area contributed by atoms with Crippen molar-refractivity contribution in [1.82, 2.24) is 0 Å². The number of rotatable bonds is 6. The van der Waals surface area contributed by atoms with E-state index in [-0.39, 0.29) is 5.56 Å². The van der Waals surface area contributed by atoms with E-state index in [0.717, 1.165) is 0 Å². The Kier molecular flexibility index (Phi) is 6.04. The third kappa shape index (κ3) is 4.50. The number of benzene rings is 3. The van der Waals surface area contributed by atoms with Gasteiger partial charge in [0, 0.05) is 5.02 Å². The average Bonchev–Trinajstić information content (AvgIpc) is 2.70. The quantitative estimate of drug-likeness (QED) is 0.552. The summed E-state index contributed by atoms with van der Waals surface area (Å²) in [5, 5.41) is 9.75. The lowest BCUT2D eigenvalue weighted by Gasteiger charge is -2.24. The van der Waals surface area contributed by atoms with Crippen molar-refractivity contribution in [2.24, 2.45) is 5.73 Å². The summed E-state index contributed by atoms with van der Waals surface area (Å²) in [7, 11) is 0. The van der Waals surface area contributed by atoms with E-state index < -0.39 is 12.0 Å². The predicted molar refractivity (Wildman–Crippen MR) is 112 cm³/mol. The third-order valence-corrected chi connectivity index (χ3v) is 4.55. The van der Waals surface area contributed by atoms with Crippen LogP contribution in [0, 0.1) is 0 Å². The number of hydrogen-bond donors (Lipinski definition) is 2. The minimum atomic E-state index is -1.03. The Morgan fingerprint density at radius 1 is 1.07 bits per heavy atom. The average molecular weight is 411 g/mol. The van der Waals surface area contributed by atoms with Gasteiger partial charge in [-0.05, 0) is 60.5 Å². The van der Waals surface area contributed by atoms with Crippen LogP contribution < -0.4 is 15.4 Å². The standard InChI is InChI=1S/C22H19ClN2O4/c1-2-14-12-16(9-10-18(14)21(26)27)25(22(24)28)19-13-15(23)8-11-20(19)29-17-6-4-3-5-7-17/h3-13H,2H2,1H3,(H2,24,28)(H,26,27). The van der Waals surface area contributed by atoms with Crippen LogP contribution in [0.2, 0.25) is 5.02 Å². The van der Waals surface area contributed by atoms with Gasteiger partial charge < -0.3 is 15.6 Å². The Labute approximate surface area is 173 Å². The van der Waals surface area contributed by atoms with Crippen LogP contribution >= 0.6 is 11.6 Å². The molecule has 0 saturated heterocycles.